The number of ether oxygens (including phenoxy) is 1. The fourth-order valence-corrected chi connectivity index (χ4v) is 4.39. The molecule has 0 saturated heterocycles. The van der Waals surface area contributed by atoms with Gasteiger partial charge < -0.3 is 4.74 Å². The van der Waals surface area contributed by atoms with Gasteiger partial charge in [0.05, 0.1) is 28.6 Å². The smallest absolute Gasteiger partial charge is 0.203 e. The molecule has 28 heavy (non-hydrogen) atoms. The van der Waals surface area contributed by atoms with Crippen LogP contribution in [0.3, 0.4) is 0 Å². The highest BCUT2D eigenvalue weighted by atomic mass is 35.5. The van der Waals surface area contributed by atoms with Crippen LogP contribution in [0.15, 0.2) is 34.7 Å². The van der Waals surface area contributed by atoms with Crippen LogP contribution in [0.1, 0.15) is 29.2 Å². The van der Waals surface area contributed by atoms with E-state index in [4.69, 9.17) is 27.9 Å². The van der Waals surface area contributed by atoms with Gasteiger partial charge in [-0.25, -0.2) is 4.98 Å². The molecule has 0 fully saturated rings. The highest BCUT2D eigenvalue weighted by Gasteiger charge is 2.11. The van der Waals surface area contributed by atoms with E-state index >= 15 is 0 Å². The lowest BCUT2D eigenvalue weighted by molar-refractivity contribution is 0.340. The Labute approximate surface area is 179 Å². The van der Waals surface area contributed by atoms with E-state index in [0.29, 0.717) is 27.5 Å². The summed E-state index contributed by atoms with van der Waals surface area (Å²) in [7, 11) is 0. The summed E-state index contributed by atoms with van der Waals surface area (Å²) >= 11 is 13.9. The Bertz CT molecular complexity index is 984. The zero-order chi connectivity index (χ0) is 20.3. The largest absolute Gasteiger partial charge is 0.491 e. The van der Waals surface area contributed by atoms with Crippen LogP contribution in [0.2, 0.25) is 10.0 Å². The summed E-state index contributed by atoms with van der Waals surface area (Å²) in [5, 5.41) is 7.91. The number of aromatic nitrogens is 1. The minimum Gasteiger partial charge on any atom is -0.491 e. The van der Waals surface area contributed by atoms with Crippen molar-refractivity contribution in [3.63, 3.8) is 0 Å². The van der Waals surface area contributed by atoms with Crippen LogP contribution in [0.4, 0.5) is 5.13 Å². The summed E-state index contributed by atoms with van der Waals surface area (Å²) in [6.45, 7) is 8.71. The van der Waals surface area contributed by atoms with Crippen LogP contribution >= 0.6 is 34.5 Å². The molecule has 1 N–H and O–H groups in total. The van der Waals surface area contributed by atoms with E-state index in [1.165, 1.54) is 33.6 Å². The van der Waals surface area contributed by atoms with Crippen molar-refractivity contribution >= 4 is 45.9 Å². The standard InChI is InChI=1S/C21H21Cl2N3OS/c1-5-27-20-16(22)8-15(9-17(20)23)10-24-26-21-25-18(11-28-21)19-13(3)6-12(2)7-14(19)4/h6-11H,5H2,1-4H3,(H,25,26)/b24-10-. The number of nitrogens with one attached hydrogen (secondary N) is 1. The van der Waals surface area contributed by atoms with E-state index in [2.05, 4.69) is 48.4 Å². The third-order valence-electron chi connectivity index (χ3n) is 4.12. The van der Waals surface area contributed by atoms with Crippen LogP contribution in [0.25, 0.3) is 11.3 Å². The molecule has 3 rings (SSSR count). The summed E-state index contributed by atoms with van der Waals surface area (Å²) in [6.07, 6.45) is 1.65. The maximum absolute atomic E-state index is 6.22. The van der Waals surface area contributed by atoms with Gasteiger partial charge in [0.15, 0.2) is 5.75 Å². The average molecular weight is 434 g/mol. The first kappa shape index (κ1) is 20.6. The number of anilines is 1. The molecule has 4 nitrogen and oxygen atoms in total. The highest BCUT2D eigenvalue weighted by molar-refractivity contribution is 7.14. The Kier molecular flexibility index (Phi) is 6.60. The Morgan fingerprint density at radius 2 is 1.75 bits per heavy atom. The minimum absolute atomic E-state index is 0.456. The lowest BCUT2D eigenvalue weighted by atomic mass is 9.98. The number of nitrogens with zero attached hydrogens (tertiary/aromatic N) is 2. The maximum atomic E-state index is 6.22. The van der Waals surface area contributed by atoms with Crippen LogP contribution in [0, 0.1) is 20.8 Å². The monoisotopic (exact) mass is 433 g/mol. The maximum Gasteiger partial charge on any atom is 0.203 e. The summed E-state index contributed by atoms with van der Waals surface area (Å²) in [5.74, 6) is 0.490. The predicted octanol–water partition coefficient (Wildman–Crippen LogP) is 6.89. The van der Waals surface area contributed by atoms with Gasteiger partial charge in [0, 0.05) is 10.9 Å². The van der Waals surface area contributed by atoms with E-state index in [-0.39, 0.29) is 0 Å². The quantitative estimate of drug-likeness (QED) is 0.340. The van der Waals surface area contributed by atoms with Crippen molar-refractivity contribution < 1.29 is 4.74 Å². The Balaban J connectivity index is 1.75. The van der Waals surface area contributed by atoms with Crippen molar-refractivity contribution in [2.75, 3.05) is 12.0 Å². The fraction of sp³-hybridized carbons (Fsp3) is 0.238. The molecule has 1 heterocycles. The normalized spacial score (nSPS) is 11.2. The molecule has 0 atom stereocenters. The number of benzene rings is 2. The van der Waals surface area contributed by atoms with Crippen LogP contribution in [0.5, 0.6) is 5.75 Å². The molecule has 7 heteroatoms. The van der Waals surface area contributed by atoms with Crippen molar-refractivity contribution in [1.82, 2.24) is 4.98 Å². The van der Waals surface area contributed by atoms with Gasteiger partial charge in [-0.15, -0.1) is 11.3 Å². The molecule has 3 aromatic rings. The Hall–Kier alpha value is -2.08. The van der Waals surface area contributed by atoms with E-state index in [1.54, 1.807) is 18.3 Å². The number of halogens is 2. The molecular weight excluding hydrogens is 413 g/mol. The molecular formula is C21H21Cl2N3OS. The second-order valence-electron chi connectivity index (χ2n) is 6.43. The zero-order valence-corrected chi connectivity index (χ0v) is 18.5. The number of hydrogen-bond acceptors (Lipinski definition) is 5. The third-order valence-corrected chi connectivity index (χ3v) is 5.43. The SMILES string of the molecule is CCOc1c(Cl)cc(/C=N\Nc2nc(-c3c(C)cc(C)cc3C)cs2)cc1Cl. The van der Waals surface area contributed by atoms with E-state index in [0.717, 1.165) is 11.3 Å². The number of thiazole rings is 1. The highest BCUT2D eigenvalue weighted by Crippen LogP contribution is 2.34. The number of rotatable bonds is 6. The zero-order valence-electron chi connectivity index (χ0n) is 16.1. The van der Waals surface area contributed by atoms with Gasteiger partial charge in [-0.05, 0) is 56.5 Å². The average Bonchev–Trinajstić information content (AvgIpc) is 3.05. The number of aryl methyl sites for hydroxylation is 3. The van der Waals surface area contributed by atoms with E-state index < -0.39 is 0 Å². The molecule has 0 radical (unpaired) electrons. The fourth-order valence-electron chi connectivity index (χ4n) is 3.12. The van der Waals surface area contributed by atoms with Gasteiger partial charge in [0.2, 0.25) is 5.13 Å². The second-order valence-corrected chi connectivity index (χ2v) is 8.10. The van der Waals surface area contributed by atoms with Gasteiger partial charge in [-0.3, -0.25) is 5.43 Å². The molecule has 0 aliphatic carbocycles. The van der Waals surface area contributed by atoms with Crippen molar-refractivity contribution in [2.45, 2.75) is 27.7 Å². The van der Waals surface area contributed by atoms with Crippen molar-refractivity contribution in [3.8, 4) is 17.0 Å². The van der Waals surface area contributed by atoms with Crippen molar-refractivity contribution in [1.29, 1.82) is 0 Å². The summed E-state index contributed by atoms with van der Waals surface area (Å²) in [5.41, 5.74) is 9.55. The van der Waals surface area contributed by atoms with Gasteiger partial charge in [-0.2, -0.15) is 5.10 Å². The molecule has 0 saturated carbocycles. The van der Waals surface area contributed by atoms with Crippen LogP contribution < -0.4 is 10.2 Å². The van der Waals surface area contributed by atoms with Crippen molar-refractivity contribution in [3.05, 3.63) is 61.9 Å². The predicted molar refractivity (Wildman–Crippen MR) is 121 cm³/mol. The van der Waals surface area contributed by atoms with Gasteiger partial charge in [-0.1, -0.05) is 40.9 Å². The number of hydrazone groups is 1. The molecule has 0 amide bonds. The number of hydrogen-bond donors (Lipinski definition) is 1. The first-order chi connectivity index (χ1) is 13.4. The minimum atomic E-state index is 0.456. The lowest BCUT2D eigenvalue weighted by Crippen LogP contribution is -1.95. The van der Waals surface area contributed by atoms with Gasteiger partial charge in [0.1, 0.15) is 0 Å². The first-order valence-electron chi connectivity index (χ1n) is 8.83. The second kappa shape index (κ2) is 8.95. The Morgan fingerprint density at radius 3 is 2.36 bits per heavy atom. The topological polar surface area (TPSA) is 46.5 Å². The molecule has 1 aromatic heterocycles. The molecule has 0 aliphatic heterocycles. The van der Waals surface area contributed by atoms with Gasteiger partial charge in [0.25, 0.3) is 0 Å². The van der Waals surface area contributed by atoms with Crippen molar-refractivity contribution in [2.24, 2.45) is 5.10 Å². The van der Waals surface area contributed by atoms with E-state index in [9.17, 15) is 0 Å². The first-order valence-corrected chi connectivity index (χ1v) is 10.5. The molecule has 146 valence electrons. The molecule has 0 aliphatic rings. The Morgan fingerprint density at radius 1 is 1.11 bits per heavy atom. The molecule has 0 bridgehead atoms. The summed E-state index contributed by atoms with van der Waals surface area (Å²) in [6, 6.07) is 7.87. The van der Waals surface area contributed by atoms with Crippen LogP contribution in [-0.2, 0) is 0 Å². The molecule has 0 unspecified atom stereocenters. The van der Waals surface area contributed by atoms with Gasteiger partial charge >= 0.3 is 0 Å². The molecule has 0 spiro atoms. The van der Waals surface area contributed by atoms with E-state index in [1.807, 2.05) is 12.3 Å². The third kappa shape index (κ3) is 4.66. The molecule has 2 aromatic carbocycles. The van der Waals surface area contributed by atoms with Crippen LogP contribution in [-0.4, -0.2) is 17.8 Å². The summed E-state index contributed by atoms with van der Waals surface area (Å²) < 4.78 is 5.44. The lowest BCUT2D eigenvalue weighted by Gasteiger charge is -2.08. The summed E-state index contributed by atoms with van der Waals surface area (Å²) in [4.78, 5) is 4.66.